The van der Waals surface area contributed by atoms with Gasteiger partial charge in [0.05, 0.1) is 11.2 Å². The summed E-state index contributed by atoms with van der Waals surface area (Å²) in [6.07, 6.45) is 1.33. The molecule has 0 aliphatic carbocycles. The third-order valence-electron chi connectivity index (χ3n) is 2.47. The van der Waals surface area contributed by atoms with Crippen molar-refractivity contribution >= 4 is 23.3 Å². The highest BCUT2D eigenvalue weighted by Gasteiger charge is 2.14. The van der Waals surface area contributed by atoms with Gasteiger partial charge in [0, 0.05) is 12.6 Å². The molecule has 2 aromatic rings. The number of halogens is 2. The minimum absolute atomic E-state index is 0.0604. The quantitative estimate of drug-likeness (QED) is 0.916. The maximum absolute atomic E-state index is 13.3. The first kappa shape index (κ1) is 13.1. The Bertz CT molecular complexity index is 690. The Balaban J connectivity index is 2.28. The molecule has 7 heteroatoms. The molecule has 0 bridgehead atoms. The van der Waals surface area contributed by atoms with Gasteiger partial charge in [-0.3, -0.25) is 9.48 Å². The van der Waals surface area contributed by atoms with E-state index in [-0.39, 0.29) is 22.0 Å². The van der Waals surface area contributed by atoms with Gasteiger partial charge in [0.25, 0.3) is 5.91 Å². The van der Waals surface area contributed by atoms with Crippen LogP contribution in [0.15, 0.2) is 24.4 Å². The van der Waals surface area contributed by atoms with Crippen molar-refractivity contribution in [2.24, 2.45) is 7.05 Å². The van der Waals surface area contributed by atoms with Crippen LogP contribution in [0, 0.1) is 17.1 Å². The number of nitrogens with zero attached hydrogens (tertiary/aromatic N) is 3. The minimum atomic E-state index is -0.681. The maximum Gasteiger partial charge on any atom is 0.256 e. The Labute approximate surface area is 113 Å². The lowest BCUT2D eigenvalue weighted by Crippen LogP contribution is -2.15. The zero-order chi connectivity index (χ0) is 14.0. The number of carbonyl (C=O) groups excluding carboxylic acids is 1. The molecular weight excluding hydrogens is 271 g/mol. The van der Waals surface area contributed by atoms with Gasteiger partial charge in [-0.15, -0.1) is 0 Å². The predicted octanol–water partition coefficient (Wildman–Crippen LogP) is 2.34. The van der Waals surface area contributed by atoms with Gasteiger partial charge in [-0.05, 0) is 18.2 Å². The number of nitriles is 1. The van der Waals surface area contributed by atoms with Crippen LogP contribution in [0.4, 0.5) is 10.2 Å². The predicted molar refractivity (Wildman–Crippen MR) is 67.3 cm³/mol. The standard InChI is InChI=1S/C12H8ClFN4O/c1-18-11(8(5-15)6-16-18)17-12(19)7-2-3-9(13)10(14)4-7/h2-4,6H,1H3,(H,17,19). The average molecular weight is 279 g/mol. The second-order valence-corrected chi connectivity index (χ2v) is 4.13. The number of rotatable bonds is 2. The summed E-state index contributed by atoms with van der Waals surface area (Å²) in [6.45, 7) is 0. The molecule has 0 saturated carbocycles. The van der Waals surface area contributed by atoms with Crippen LogP contribution in [-0.4, -0.2) is 15.7 Å². The molecule has 1 amide bonds. The van der Waals surface area contributed by atoms with Gasteiger partial charge < -0.3 is 5.32 Å². The summed E-state index contributed by atoms with van der Waals surface area (Å²) >= 11 is 5.54. The van der Waals surface area contributed by atoms with Crippen molar-refractivity contribution in [2.45, 2.75) is 0 Å². The van der Waals surface area contributed by atoms with Crippen LogP contribution in [0.2, 0.25) is 5.02 Å². The van der Waals surface area contributed by atoms with Crippen LogP contribution in [-0.2, 0) is 7.05 Å². The lowest BCUT2D eigenvalue weighted by Gasteiger charge is -2.06. The molecule has 96 valence electrons. The lowest BCUT2D eigenvalue weighted by atomic mass is 10.2. The molecule has 5 nitrogen and oxygen atoms in total. The highest BCUT2D eigenvalue weighted by Crippen LogP contribution is 2.18. The Kier molecular flexibility index (Phi) is 3.49. The van der Waals surface area contributed by atoms with Crippen molar-refractivity contribution in [3.8, 4) is 6.07 Å². The van der Waals surface area contributed by atoms with Gasteiger partial charge in [-0.2, -0.15) is 10.4 Å². The summed E-state index contributed by atoms with van der Waals surface area (Å²) in [7, 11) is 1.58. The topological polar surface area (TPSA) is 70.7 Å². The van der Waals surface area contributed by atoms with Gasteiger partial charge in [-0.1, -0.05) is 11.6 Å². The molecule has 0 fully saturated rings. The number of carbonyl (C=O) groups is 1. The van der Waals surface area contributed by atoms with Gasteiger partial charge in [0.15, 0.2) is 0 Å². The summed E-state index contributed by atoms with van der Waals surface area (Å²) < 4.78 is 14.6. The number of aryl methyl sites for hydroxylation is 1. The van der Waals surface area contributed by atoms with Crippen molar-refractivity contribution in [1.82, 2.24) is 9.78 Å². The first-order valence-corrected chi connectivity index (χ1v) is 5.59. The summed E-state index contributed by atoms with van der Waals surface area (Å²) in [4.78, 5) is 11.9. The fraction of sp³-hybridized carbons (Fsp3) is 0.0833. The number of nitrogens with one attached hydrogen (secondary N) is 1. The van der Waals surface area contributed by atoms with Crippen LogP contribution < -0.4 is 5.32 Å². The SMILES string of the molecule is Cn1ncc(C#N)c1NC(=O)c1ccc(Cl)c(F)c1. The third kappa shape index (κ3) is 2.56. The van der Waals surface area contributed by atoms with Crippen molar-refractivity contribution in [3.05, 3.63) is 46.4 Å². The van der Waals surface area contributed by atoms with E-state index in [9.17, 15) is 9.18 Å². The molecule has 0 unspecified atom stereocenters. The molecule has 0 spiro atoms. The van der Waals surface area contributed by atoms with Crippen molar-refractivity contribution in [3.63, 3.8) is 0 Å². The van der Waals surface area contributed by atoms with E-state index in [0.29, 0.717) is 0 Å². The number of aromatic nitrogens is 2. The molecule has 1 aromatic carbocycles. The van der Waals surface area contributed by atoms with Gasteiger partial charge in [-0.25, -0.2) is 4.39 Å². The Morgan fingerprint density at radius 1 is 1.58 bits per heavy atom. The molecule has 19 heavy (non-hydrogen) atoms. The van der Waals surface area contributed by atoms with E-state index in [4.69, 9.17) is 16.9 Å². The number of amides is 1. The van der Waals surface area contributed by atoms with Gasteiger partial charge in [0.1, 0.15) is 23.3 Å². The zero-order valence-corrected chi connectivity index (χ0v) is 10.6. The minimum Gasteiger partial charge on any atom is -0.306 e. The van der Waals surface area contributed by atoms with Crippen LogP contribution in [0.5, 0.6) is 0 Å². The Morgan fingerprint density at radius 3 is 2.95 bits per heavy atom. The zero-order valence-electron chi connectivity index (χ0n) is 9.82. The maximum atomic E-state index is 13.3. The molecule has 1 heterocycles. The van der Waals surface area contributed by atoms with Crippen LogP contribution in [0.3, 0.4) is 0 Å². The normalized spacial score (nSPS) is 10.0. The molecule has 0 aliphatic rings. The molecule has 0 radical (unpaired) electrons. The number of hydrogen-bond acceptors (Lipinski definition) is 3. The molecule has 2 rings (SSSR count). The van der Waals surface area contributed by atoms with E-state index >= 15 is 0 Å². The van der Waals surface area contributed by atoms with Crippen molar-refractivity contribution in [1.29, 1.82) is 5.26 Å². The van der Waals surface area contributed by atoms with E-state index in [1.165, 1.54) is 23.0 Å². The molecule has 0 aliphatic heterocycles. The fourth-order valence-electron chi connectivity index (χ4n) is 1.48. The van der Waals surface area contributed by atoms with E-state index < -0.39 is 11.7 Å². The first-order valence-electron chi connectivity index (χ1n) is 5.21. The molecular formula is C12H8ClFN4O. The van der Waals surface area contributed by atoms with Gasteiger partial charge >= 0.3 is 0 Å². The molecule has 0 saturated heterocycles. The Hall–Kier alpha value is -2.39. The lowest BCUT2D eigenvalue weighted by molar-refractivity contribution is 0.102. The monoisotopic (exact) mass is 278 g/mol. The molecule has 1 aromatic heterocycles. The largest absolute Gasteiger partial charge is 0.306 e. The summed E-state index contributed by atoms with van der Waals surface area (Å²) in [5.41, 5.74) is 0.331. The number of hydrogen-bond donors (Lipinski definition) is 1. The summed E-state index contributed by atoms with van der Waals surface area (Å²) in [5.74, 6) is -0.974. The van der Waals surface area contributed by atoms with E-state index in [2.05, 4.69) is 10.4 Å². The van der Waals surface area contributed by atoms with E-state index in [0.717, 1.165) is 6.07 Å². The first-order chi connectivity index (χ1) is 9.02. The van der Waals surface area contributed by atoms with E-state index in [1.807, 2.05) is 6.07 Å². The molecule has 1 N–H and O–H groups in total. The second kappa shape index (κ2) is 5.08. The highest BCUT2D eigenvalue weighted by atomic mass is 35.5. The number of anilines is 1. The van der Waals surface area contributed by atoms with Crippen LogP contribution in [0.25, 0.3) is 0 Å². The third-order valence-corrected chi connectivity index (χ3v) is 2.78. The van der Waals surface area contributed by atoms with Crippen LogP contribution >= 0.6 is 11.6 Å². The second-order valence-electron chi connectivity index (χ2n) is 3.73. The van der Waals surface area contributed by atoms with Gasteiger partial charge in [0.2, 0.25) is 0 Å². The Morgan fingerprint density at radius 2 is 2.32 bits per heavy atom. The fourth-order valence-corrected chi connectivity index (χ4v) is 1.60. The van der Waals surface area contributed by atoms with Crippen molar-refractivity contribution < 1.29 is 9.18 Å². The molecule has 0 atom stereocenters. The number of benzene rings is 1. The summed E-state index contributed by atoms with van der Waals surface area (Å²) in [6, 6.07) is 5.61. The smallest absolute Gasteiger partial charge is 0.256 e. The van der Waals surface area contributed by atoms with E-state index in [1.54, 1.807) is 7.05 Å². The van der Waals surface area contributed by atoms with Crippen molar-refractivity contribution in [2.75, 3.05) is 5.32 Å². The average Bonchev–Trinajstić information content (AvgIpc) is 2.74. The highest BCUT2D eigenvalue weighted by molar-refractivity contribution is 6.30. The summed E-state index contributed by atoms with van der Waals surface area (Å²) in [5, 5.41) is 15.2. The van der Waals surface area contributed by atoms with Crippen LogP contribution in [0.1, 0.15) is 15.9 Å².